The number of amides is 1. The predicted molar refractivity (Wildman–Crippen MR) is 82.3 cm³/mol. The molecule has 0 unspecified atom stereocenters. The minimum absolute atomic E-state index is 0.0943. The molecule has 0 radical (unpaired) electrons. The van der Waals surface area contributed by atoms with E-state index in [0.29, 0.717) is 18.5 Å². The van der Waals surface area contributed by atoms with Gasteiger partial charge in [-0.15, -0.1) is 0 Å². The zero-order chi connectivity index (χ0) is 16.4. The Labute approximate surface area is 133 Å². The molecule has 2 rings (SSSR count). The van der Waals surface area contributed by atoms with E-state index < -0.39 is 23.6 Å². The number of carbonyl (C=O) groups is 2. The van der Waals surface area contributed by atoms with Gasteiger partial charge in [-0.1, -0.05) is 22.7 Å². The molecule has 0 heterocycles. The van der Waals surface area contributed by atoms with Crippen molar-refractivity contribution in [3.8, 4) is 0 Å². The van der Waals surface area contributed by atoms with Crippen molar-refractivity contribution in [1.29, 1.82) is 0 Å². The SMILES string of the molecule is CC1=C(C)C[C@@H](C(=O)Nc2ccc(F)c(Cl)c2)[C@@H](C(=O)O)C1. The van der Waals surface area contributed by atoms with E-state index in [2.05, 4.69) is 5.32 Å². The lowest BCUT2D eigenvalue weighted by Gasteiger charge is -2.29. The van der Waals surface area contributed by atoms with Crippen molar-refractivity contribution in [2.24, 2.45) is 11.8 Å². The number of carboxylic acids is 1. The van der Waals surface area contributed by atoms with Crippen LogP contribution in [0.15, 0.2) is 29.3 Å². The quantitative estimate of drug-likeness (QED) is 0.829. The van der Waals surface area contributed by atoms with E-state index in [9.17, 15) is 19.1 Å². The Kier molecular flexibility index (Phi) is 4.86. The minimum Gasteiger partial charge on any atom is -0.481 e. The maximum atomic E-state index is 13.1. The molecule has 0 saturated carbocycles. The zero-order valence-corrected chi connectivity index (χ0v) is 13.1. The number of halogens is 2. The first kappa shape index (κ1) is 16.5. The van der Waals surface area contributed by atoms with Crippen LogP contribution in [0.3, 0.4) is 0 Å². The molecule has 2 N–H and O–H groups in total. The van der Waals surface area contributed by atoms with Gasteiger partial charge in [0.25, 0.3) is 0 Å². The van der Waals surface area contributed by atoms with Gasteiger partial charge in [0, 0.05) is 5.69 Å². The molecule has 2 atom stereocenters. The third-order valence-corrected chi connectivity index (χ3v) is 4.40. The molecule has 1 amide bonds. The van der Waals surface area contributed by atoms with Gasteiger partial charge in [0.1, 0.15) is 5.82 Å². The van der Waals surface area contributed by atoms with Crippen LogP contribution in [0, 0.1) is 17.7 Å². The summed E-state index contributed by atoms with van der Waals surface area (Å²) in [4.78, 5) is 23.8. The number of aliphatic carboxylic acids is 1. The van der Waals surface area contributed by atoms with Gasteiger partial charge in [0.05, 0.1) is 16.9 Å². The average Bonchev–Trinajstić information content (AvgIpc) is 2.45. The maximum absolute atomic E-state index is 13.1. The van der Waals surface area contributed by atoms with Crippen LogP contribution >= 0.6 is 11.6 Å². The fraction of sp³-hybridized carbons (Fsp3) is 0.375. The molecule has 1 aromatic rings. The Balaban J connectivity index is 2.19. The Bertz CT molecular complexity index is 657. The highest BCUT2D eigenvalue weighted by atomic mass is 35.5. The van der Waals surface area contributed by atoms with Gasteiger partial charge in [0.2, 0.25) is 5.91 Å². The molecule has 118 valence electrons. The van der Waals surface area contributed by atoms with Gasteiger partial charge in [0.15, 0.2) is 0 Å². The Morgan fingerprint density at radius 2 is 1.82 bits per heavy atom. The van der Waals surface area contributed by atoms with E-state index in [1.54, 1.807) is 0 Å². The molecular formula is C16H17ClFNO3. The fourth-order valence-electron chi connectivity index (χ4n) is 2.64. The van der Waals surface area contributed by atoms with Gasteiger partial charge in [-0.3, -0.25) is 9.59 Å². The number of hydrogen-bond acceptors (Lipinski definition) is 2. The second-order valence-corrected chi connectivity index (χ2v) is 6.05. The van der Waals surface area contributed by atoms with Gasteiger partial charge >= 0.3 is 5.97 Å². The molecule has 1 aromatic carbocycles. The lowest BCUT2D eigenvalue weighted by atomic mass is 9.76. The smallest absolute Gasteiger partial charge is 0.307 e. The number of carboxylic acid groups (broad SMARTS) is 1. The standard InChI is InChI=1S/C16H17ClFNO3/c1-8-5-11(12(16(21)22)6-9(8)2)15(20)19-10-3-4-14(18)13(17)7-10/h3-4,7,11-12H,5-6H2,1-2H3,(H,19,20)(H,21,22)/t11-,12+/m1/s1. The van der Waals surface area contributed by atoms with Crippen LogP contribution in [0.1, 0.15) is 26.7 Å². The average molecular weight is 326 g/mol. The minimum atomic E-state index is -0.982. The molecule has 0 bridgehead atoms. The highest BCUT2D eigenvalue weighted by Crippen LogP contribution is 2.35. The summed E-state index contributed by atoms with van der Waals surface area (Å²) in [5, 5.41) is 11.9. The third-order valence-electron chi connectivity index (χ3n) is 4.11. The third kappa shape index (κ3) is 3.47. The summed E-state index contributed by atoms with van der Waals surface area (Å²) in [6.07, 6.45) is 0.771. The molecule has 6 heteroatoms. The number of anilines is 1. The summed E-state index contributed by atoms with van der Waals surface area (Å²) in [5.41, 5.74) is 2.40. The first-order valence-corrected chi connectivity index (χ1v) is 7.31. The van der Waals surface area contributed by atoms with Crippen LogP contribution in [0.25, 0.3) is 0 Å². The van der Waals surface area contributed by atoms with Gasteiger partial charge in [-0.05, 0) is 44.9 Å². The molecule has 1 aliphatic rings. The topological polar surface area (TPSA) is 66.4 Å². The fourth-order valence-corrected chi connectivity index (χ4v) is 2.82. The summed E-state index contributed by atoms with van der Waals surface area (Å²) in [7, 11) is 0. The van der Waals surface area contributed by atoms with E-state index >= 15 is 0 Å². The normalized spacial score (nSPS) is 21.6. The van der Waals surface area contributed by atoms with Crippen molar-refractivity contribution in [3.05, 3.63) is 40.2 Å². The van der Waals surface area contributed by atoms with Crippen LogP contribution in [0.2, 0.25) is 5.02 Å². The van der Waals surface area contributed by atoms with Crippen molar-refractivity contribution in [2.75, 3.05) is 5.32 Å². The van der Waals surface area contributed by atoms with Crippen molar-refractivity contribution in [2.45, 2.75) is 26.7 Å². The zero-order valence-electron chi connectivity index (χ0n) is 12.3. The van der Waals surface area contributed by atoms with Crippen molar-refractivity contribution >= 4 is 29.2 Å². The molecule has 0 aliphatic heterocycles. The van der Waals surface area contributed by atoms with Crippen LogP contribution in [0.5, 0.6) is 0 Å². The van der Waals surface area contributed by atoms with Crippen LogP contribution in [-0.2, 0) is 9.59 Å². The number of benzene rings is 1. The summed E-state index contributed by atoms with van der Waals surface area (Å²) in [5.74, 6) is -3.34. The van der Waals surface area contributed by atoms with E-state index in [0.717, 1.165) is 17.2 Å². The highest BCUT2D eigenvalue weighted by Gasteiger charge is 2.37. The number of carbonyl (C=O) groups excluding carboxylic acids is 1. The molecule has 0 saturated heterocycles. The van der Waals surface area contributed by atoms with Crippen LogP contribution < -0.4 is 5.32 Å². The van der Waals surface area contributed by atoms with Crippen molar-refractivity contribution in [1.82, 2.24) is 0 Å². The van der Waals surface area contributed by atoms with Gasteiger partial charge < -0.3 is 10.4 Å². The van der Waals surface area contributed by atoms with Crippen LogP contribution in [0.4, 0.5) is 10.1 Å². The Hall–Kier alpha value is -1.88. The molecular weight excluding hydrogens is 309 g/mol. The monoisotopic (exact) mass is 325 g/mol. The van der Waals surface area contributed by atoms with E-state index in [-0.39, 0.29) is 10.9 Å². The van der Waals surface area contributed by atoms with E-state index in [1.165, 1.54) is 12.1 Å². The van der Waals surface area contributed by atoms with E-state index in [1.807, 2.05) is 13.8 Å². The first-order valence-electron chi connectivity index (χ1n) is 6.93. The van der Waals surface area contributed by atoms with Gasteiger partial charge in [-0.25, -0.2) is 4.39 Å². The highest BCUT2D eigenvalue weighted by molar-refractivity contribution is 6.31. The Morgan fingerprint density at radius 1 is 1.23 bits per heavy atom. The molecule has 0 aromatic heterocycles. The molecule has 4 nitrogen and oxygen atoms in total. The summed E-state index contributed by atoms with van der Waals surface area (Å²) in [6.45, 7) is 3.79. The van der Waals surface area contributed by atoms with Gasteiger partial charge in [-0.2, -0.15) is 0 Å². The number of allylic oxidation sites excluding steroid dienone is 2. The maximum Gasteiger partial charge on any atom is 0.307 e. The summed E-state index contributed by atoms with van der Waals surface area (Å²) < 4.78 is 13.1. The molecule has 22 heavy (non-hydrogen) atoms. The van der Waals surface area contributed by atoms with Crippen molar-refractivity contribution in [3.63, 3.8) is 0 Å². The lowest BCUT2D eigenvalue weighted by Crippen LogP contribution is -2.36. The predicted octanol–water partition coefficient (Wildman–Crippen LogP) is 3.86. The second kappa shape index (κ2) is 6.48. The molecule has 0 fully saturated rings. The lowest BCUT2D eigenvalue weighted by molar-refractivity contribution is -0.146. The number of hydrogen-bond donors (Lipinski definition) is 2. The summed E-state index contributed by atoms with van der Waals surface area (Å²) in [6, 6.07) is 3.86. The largest absolute Gasteiger partial charge is 0.481 e. The van der Waals surface area contributed by atoms with E-state index in [4.69, 9.17) is 11.6 Å². The van der Waals surface area contributed by atoms with Crippen molar-refractivity contribution < 1.29 is 19.1 Å². The molecule has 0 spiro atoms. The number of nitrogens with one attached hydrogen (secondary N) is 1. The first-order chi connectivity index (χ1) is 10.3. The van der Waals surface area contributed by atoms with Crippen LogP contribution in [-0.4, -0.2) is 17.0 Å². The summed E-state index contributed by atoms with van der Waals surface area (Å²) >= 11 is 5.68. The number of rotatable bonds is 3. The molecule has 1 aliphatic carbocycles. The Morgan fingerprint density at radius 3 is 2.36 bits per heavy atom. The second-order valence-electron chi connectivity index (χ2n) is 5.64.